The van der Waals surface area contributed by atoms with Crippen molar-refractivity contribution < 1.29 is 13.2 Å². The Morgan fingerprint density at radius 1 is 1.37 bits per heavy atom. The van der Waals surface area contributed by atoms with Crippen molar-refractivity contribution in [3.8, 4) is 0 Å². The molecule has 1 N–H and O–H groups in total. The van der Waals surface area contributed by atoms with Crippen LogP contribution < -0.4 is 5.32 Å². The van der Waals surface area contributed by atoms with Crippen LogP contribution >= 0.6 is 0 Å². The summed E-state index contributed by atoms with van der Waals surface area (Å²) in [4.78, 5) is 13.7. The van der Waals surface area contributed by atoms with E-state index in [4.69, 9.17) is 0 Å². The number of carbonyl (C=O) groups excluding carboxylic acids is 1. The van der Waals surface area contributed by atoms with Crippen LogP contribution in [0.3, 0.4) is 0 Å². The summed E-state index contributed by atoms with van der Waals surface area (Å²) in [6.45, 7) is 5.79. The van der Waals surface area contributed by atoms with Crippen molar-refractivity contribution in [1.29, 1.82) is 0 Å². The number of hydrogen-bond donors (Lipinski definition) is 1. The molecule has 1 saturated heterocycles. The molecule has 0 aromatic rings. The zero-order valence-electron chi connectivity index (χ0n) is 12.2. The van der Waals surface area contributed by atoms with Gasteiger partial charge in [0.25, 0.3) is 0 Å². The predicted molar refractivity (Wildman–Crippen MR) is 75.3 cm³/mol. The van der Waals surface area contributed by atoms with Gasteiger partial charge in [-0.25, -0.2) is 12.7 Å². The highest BCUT2D eigenvalue weighted by Crippen LogP contribution is 2.17. The molecule has 1 rings (SSSR count). The molecular weight excluding hydrogens is 266 g/mol. The fraction of sp³-hybridized carbons (Fsp3) is 0.917. The van der Waals surface area contributed by atoms with E-state index < -0.39 is 10.0 Å². The fourth-order valence-corrected chi connectivity index (χ4v) is 3.03. The summed E-state index contributed by atoms with van der Waals surface area (Å²) in [6, 6.07) is 0.209. The van der Waals surface area contributed by atoms with Crippen LogP contribution in [0.15, 0.2) is 0 Å². The van der Waals surface area contributed by atoms with Crippen LogP contribution in [0.1, 0.15) is 26.7 Å². The molecule has 0 unspecified atom stereocenters. The maximum atomic E-state index is 11.6. The number of carbonyl (C=O) groups is 1. The van der Waals surface area contributed by atoms with Crippen LogP contribution in [-0.4, -0.2) is 68.6 Å². The van der Waals surface area contributed by atoms with E-state index in [1.54, 1.807) is 7.05 Å². The first-order valence-electron chi connectivity index (χ1n) is 6.65. The van der Waals surface area contributed by atoms with Crippen molar-refractivity contribution in [1.82, 2.24) is 14.5 Å². The van der Waals surface area contributed by atoms with E-state index in [9.17, 15) is 13.2 Å². The van der Waals surface area contributed by atoms with Gasteiger partial charge >= 0.3 is 0 Å². The highest BCUT2D eigenvalue weighted by atomic mass is 32.2. The molecule has 0 aliphatic carbocycles. The van der Waals surface area contributed by atoms with Gasteiger partial charge in [-0.1, -0.05) is 0 Å². The quantitative estimate of drug-likeness (QED) is 0.766. The van der Waals surface area contributed by atoms with Crippen molar-refractivity contribution in [2.24, 2.45) is 0 Å². The molecule has 1 fully saturated rings. The van der Waals surface area contributed by atoms with Gasteiger partial charge in [0.1, 0.15) is 0 Å². The lowest BCUT2D eigenvalue weighted by molar-refractivity contribution is -0.123. The summed E-state index contributed by atoms with van der Waals surface area (Å²) >= 11 is 0. The average Bonchev–Trinajstić information content (AvgIpc) is 2.26. The monoisotopic (exact) mass is 291 g/mol. The Morgan fingerprint density at radius 2 is 1.89 bits per heavy atom. The molecule has 7 heteroatoms. The summed E-state index contributed by atoms with van der Waals surface area (Å²) in [7, 11) is -1.50. The molecule has 112 valence electrons. The van der Waals surface area contributed by atoms with Crippen molar-refractivity contribution in [3.05, 3.63) is 0 Å². The van der Waals surface area contributed by atoms with Crippen molar-refractivity contribution in [2.45, 2.75) is 38.8 Å². The number of piperidine rings is 1. The molecule has 0 radical (unpaired) electrons. The molecule has 1 amide bonds. The standard InChI is InChI=1S/C12H25N3O3S/c1-10(2)13-12(16)9-15-7-5-11(6-8-15)14(3)19(4,17)18/h10-11H,5-9H2,1-4H3,(H,13,16). The molecule has 0 atom stereocenters. The third-order valence-electron chi connectivity index (χ3n) is 3.41. The lowest BCUT2D eigenvalue weighted by Gasteiger charge is -2.35. The van der Waals surface area contributed by atoms with Gasteiger partial charge in [-0.05, 0) is 26.7 Å². The van der Waals surface area contributed by atoms with Gasteiger partial charge in [-0.15, -0.1) is 0 Å². The number of nitrogens with zero attached hydrogens (tertiary/aromatic N) is 2. The largest absolute Gasteiger partial charge is 0.353 e. The topological polar surface area (TPSA) is 69.7 Å². The third kappa shape index (κ3) is 5.46. The Balaban J connectivity index is 2.39. The van der Waals surface area contributed by atoms with Crippen molar-refractivity contribution >= 4 is 15.9 Å². The van der Waals surface area contributed by atoms with Gasteiger partial charge < -0.3 is 5.32 Å². The molecule has 1 aliphatic heterocycles. The zero-order chi connectivity index (χ0) is 14.6. The van der Waals surface area contributed by atoms with Crippen molar-refractivity contribution in [2.75, 3.05) is 32.9 Å². The number of likely N-dealkylation sites (tertiary alicyclic amines) is 1. The van der Waals surface area contributed by atoms with Crippen LogP contribution in [0.2, 0.25) is 0 Å². The van der Waals surface area contributed by atoms with Crippen molar-refractivity contribution in [3.63, 3.8) is 0 Å². The van der Waals surface area contributed by atoms with E-state index >= 15 is 0 Å². The predicted octanol–water partition coefficient (Wildman–Crippen LogP) is -0.133. The second-order valence-electron chi connectivity index (χ2n) is 5.51. The van der Waals surface area contributed by atoms with Gasteiger partial charge in [0.05, 0.1) is 12.8 Å². The van der Waals surface area contributed by atoms with Gasteiger partial charge in [0, 0.05) is 32.2 Å². The van der Waals surface area contributed by atoms with Gasteiger partial charge in [-0.3, -0.25) is 9.69 Å². The minimum absolute atomic E-state index is 0.0323. The van der Waals surface area contributed by atoms with E-state index in [-0.39, 0.29) is 18.0 Å². The molecule has 19 heavy (non-hydrogen) atoms. The van der Waals surface area contributed by atoms with Gasteiger partial charge in [0.2, 0.25) is 15.9 Å². The van der Waals surface area contributed by atoms with Crippen LogP contribution in [0.25, 0.3) is 0 Å². The average molecular weight is 291 g/mol. The first kappa shape index (κ1) is 16.4. The molecule has 0 bridgehead atoms. The Kier molecular flexibility index (Phi) is 5.76. The third-order valence-corrected chi connectivity index (χ3v) is 4.76. The molecule has 1 aliphatic rings. The number of rotatable bonds is 5. The maximum absolute atomic E-state index is 11.6. The Labute approximate surface area is 116 Å². The molecule has 0 aromatic heterocycles. The summed E-state index contributed by atoms with van der Waals surface area (Å²) in [5, 5.41) is 2.86. The SMILES string of the molecule is CC(C)NC(=O)CN1CCC(N(C)S(C)(=O)=O)CC1. The molecule has 0 spiro atoms. The molecule has 0 aromatic carbocycles. The van der Waals surface area contributed by atoms with E-state index in [2.05, 4.69) is 10.2 Å². The van der Waals surface area contributed by atoms with Gasteiger partial charge in [-0.2, -0.15) is 0 Å². The maximum Gasteiger partial charge on any atom is 0.234 e. The first-order chi connectivity index (χ1) is 8.70. The Bertz CT molecular complexity index is 400. The number of sulfonamides is 1. The zero-order valence-corrected chi connectivity index (χ0v) is 13.0. The van der Waals surface area contributed by atoms with E-state index in [0.717, 1.165) is 25.9 Å². The highest BCUT2D eigenvalue weighted by molar-refractivity contribution is 7.88. The van der Waals surface area contributed by atoms with Gasteiger partial charge in [0.15, 0.2) is 0 Å². The molecule has 6 nitrogen and oxygen atoms in total. The molecular formula is C12H25N3O3S. The Hall–Kier alpha value is -0.660. The summed E-state index contributed by atoms with van der Waals surface area (Å²) in [6.07, 6.45) is 2.78. The second-order valence-corrected chi connectivity index (χ2v) is 7.55. The summed E-state index contributed by atoms with van der Waals surface area (Å²) in [5.41, 5.74) is 0. The first-order valence-corrected chi connectivity index (χ1v) is 8.49. The van der Waals surface area contributed by atoms with E-state index in [1.165, 1.54) is 10.6 Å². The normalized spacial score (nSPS) is 19.1. The van der Waals surface area contributed by atoms with Crippen LogP contribution in [-0.2, 0) is 14.8 Å². The minimum Gasteiger partial charge on any atom is -0.353 e. The Morgan fingerprint density at radius 3 is 2.32 bits per heavy atom. The summed E-state index contributed by atoms with van der Waals surface area (Å²) < 4.78 is 24.4. The van der Waals surface area contributed by atoms with E-state index in [1.807, 2.05) is 13.8 Å². The highest BCUT2D eigenvalue weighted by Gasteiger charge is 2.27. The number of amides is 1. The van der Waals surface area contributed by atoms with E-state index in [0.29, 0.717) is 6.54 Å². The van der Waals surface area contributed by atoms with Crippen LogP contribution in [0, 0.1) is 0 Å². The number of hydrogen-bond acceptors (Lipinski definition) is 4. The van der Waals surface area contributed by atoms with Crippen LogP contribution in [0.5, 0.6) is 0 Å². The van der Waals surface area contributed by atoms with Crippen LogP contribution in [0.4, 0.5) is 0 Å². The number of nitrogens with one attached hydrogen (secondary N) is 1. The fourth-order valence-electron chi connectivity index (χ4n) is 2.28. The lowest BCUT2D eigenvalue weighted by atomic mass is 10.1. The minimum atomic E-state index is -3.12. The molecule has 1 heterocycles. The summed E-state index contributed by atoms with van der Waals surface area (Å²) in [5.74, 6) is 0.0323. The lowest BCUT2D eigenvalue weighted by Crippen LogP contribution is -2.48. The smallest absolute Gasteiger partial charge is 0.234 e. The second kappa shape index (κ2) is 6.67. The molecule has 0 saturated carbocycles.